The fraction of sp³-hybridized carbons (Fsp3) is 0.550. The summed E-state index contributed by atoms with van der Waals surface area (Å²) in [5, 5.41) is 11.3. The van der Waals surface area contributed by atoms with Crippen LogP contribution in [0.5, 0.6) is 0 Å². The Hall–Kier alpha value is -2.48. The molecule has 152 valence electrons. The van der Waals surface area contributed by atoms with Gasteiger partial charge in [0.25, 0.3) is 0 Å². The molecule has 0 saturated carbocycles. The normalized spacial score (nSPS) is 17.3. The standard InChI is InChI=1S/C20H29FN6O/c1-20(2,15-7-5-6-8-16(15)21)13-23-19(22-3)24-14-9-10-18-25-17(12-28-4)26-27(18)11-14/h5-8,14H,9-13H2,1-4H3,(H2,22,23,24). The van der Waals surface area contributed by atoms with Gasteiger partial charge in [0, 0.05) is 38.6 Å². The maximum atomic E-state index is 14.2. The van der Waals surface area contributed by atoms with Crippen LogP contribution < -0.4 is 10.6 Å². The molecule has 0 fully saturated rings. The summed E-state index contributed by atoms with van der Waals surface area (Å²) in [5.41, 5.74) is 0.317. The highest BCUT2D eigenvalue weighted by molar-refractivity contribution is 5.80. The third kappa shape index (κ3) is 4.67. The van der Waals surface area contributed by atoms with Crippen molar-refractivity contribution in [2.75, 3.05) is 20.7 Å². The first kappa shape index (κ1) is 20.3. The number of aliphatic imine (C=N–C) groups is 1. The van der Waals surface area contributed by atoms with Crippen LogP contribution in [0.4, 0.5) is 4.39 Å². The third-order valence-corrected chi connectivity index (χ3v) is 5.04. The minimum absolute atomic E-state index is 0.185. The SMILES string of the molecule is CN=C(NCC(C)(C)c1ccccc1F)NC1CCc2nc(COC)nn2C1. The quantitative estimate of drug-likeness (QED) is 0.585. The minimum Gasteiger partial charge on any atom is -0.377 e. The molecule has 0 radical (unpaired) electrons. The number of hydrogen-bond donors (Lipinski definition) is 2. The van der Waals surface area contributed by atoms with E-state index in [0.29, 0.717) is 30.5 Å². The molecule has 0 saturated heterocycles. The lowest BCUT2D eigenvalue weighted by atomic mass is 9.84. The first-order valence-corrected chi connectivity index (χ1v) is 9.56. The highest BCUT2D eigenvalue weighted by atomic mass is 19.1. The van der Waals surface area contributed by atoms with Crippen LogP contribution in [0.25, 0.3) is 0 Å². The van der Waals surface area contributed by atoms with E-state index in [2.05, 4.69) is 25.7 Å². The Labute approximate surface area is 165 Å². The molecular weight excluding hydrogens is 359 g/mol. The lowest BCUT2D eigenvalue weighted by molar-refractivity contribution is 0.177. The number of fused-ring (bicyclic) bond motifs is 1. The predicted molar refractivity (Wildman–Crippen MR) is 107 cm³/mol. The Kier molecular flexibility index (Phi) is 6.28. The predicted octanol–water partition coefficient (Wildman–Crippen LogP) is 2.02. The number of guanidine groups is 1. The topological polar surface area (TPSA) is 76.4 Å². The van der Waals surface area contributed by atoms with Gasteiger partial charge in [-0.3, -0.25) is 4.99 Å². The van der Waals surface area contributed by atoms with Gasteiger partial charge in [0.2, 0.25) is 0 Å². The average Bonchev–Trinajstić information content (AvgIpc) is 3.07. The molecule has 1 aromatic heterocycles. The molecule has 1 aliphatic rings. The summed E-state index contributed by atoms with van der Waals surface area (Å²) < 4.78 is 21.2. The molecule has 1 atom stereocenters. The van der Waals surface area contributed by atoms with Gasteiger partial charge in [0.1, 0.15) is 18.2 Å². The van der Waals surface area contributed by atoms with Crippen LogP contribution in [0.2, 0.25) is 0 Å². The van der Waals surface area contributed by atoms with Crippen molar-refractivity contribution < 1.29 is 9.13 Å². The van der Waals surface area contributed by atoms with Gasteiger partial charge in [0.15, 0.2) is 11.8 Å². The summed E-state index contributed by atoms with van der Waals surface area (Å²) in [6.07, 6.45) is 1.80. The molecule has 0 bridgehead atoms. The van der Waals surface area contributed by atoms with E-state index in [1.54, 1.807) is 20.2 Å². The van der Waals surface area contributed by atoms with E-state index in [4.69, 9.17) is 4.74 Å². The van der Waals surface area contributed by atoms with Crippen LogP contribution in [0, 0.1) is 5.82 Å². The van der Waals surface area contributed by atoms with Gasteiger partial charge in [-0.2, -0.15) is 5.10 Å². The van der Waals surface area contributed by atoms with E-state index < -0.39 is 0 Å². The van der Waals surface area contributed by atoms with Gasteiger partial charge in [-0.05, 0) is 18.1 Å². The minimum atomic E-state index is -0.371. The fourth-order valence-corrected chi connectivity index (χ4v) is 3.47. The van der Waals surface area contributed by atoms with E-state index >= 15 is 0 Å². The van der Waals surface area contributed by atoms with Gasteiger partial charge in [-0.15, -0.1) is 0 Å². The summed E-state index contributed by atoms with van der Waals surface area (Å²) in [5.74, 6) is 2.23. The Morgan fingerprint density at radius 3 is 2.89 bits per heavy atom. The highest BCUT2D eigenvalue weighted by Crippen LogP contribution is 2.24. The van der Waals surface area contributed by atoms with Crippen molar-refractivity contribution in [3.05, 3.63) is 47.3 Å². The molecular formula is C20H29FN6O. The van der Waals surface area contributed by atoms with Crippen molar-refractivity contribution in [1.29, 1.82) is 0 Å². The molecule has 0 spiro atoms. The second-order valence-electron chi connectivity index (χ2n) is 7.73. The molecule has 2 N–H and O–H groups in total. The second kappa shape index (κ2) is 8.68. The average molecular weight is 388 g/mol. The lowest BCUT2D eigenvalue weighted by Gasteiger charge is -2.29. The van der Waals surface area contributed by atoms with E-state index in [1.165, 1.54) is 6.07 Å². The molecule has 8 heteroatoms. The summed E-state index contributed by atoms with van der Waals surface area (Å²) in [6, 6.07) is 7.11. The maximum Gasteiger partial charge on any atom is 0.191 e. The molecule has 28 heavy (non-hydrogen) atoms. The number of rotatable bonds is 6. The number of aromatic nitrogens is 3. The van der Waals surface area contributed by atoms with Crippen LogP contribution >= 0.6 is 0 Å². The van der Waals surface area contributed by atoms with E-state index in [-0.39, 0.29) is 17.3 Å². The molecule has 7 nitrogen and oxygen atoms in total. The van der Waals surface area contributed by atoms with Crippen molar-refractivity contribution in [3.63, 3.8) is 0 Å². The summed E-state index contributed by atoms with van der Waals surface area (Å²) in [7, 11) is 3.38. The van der Waals surface area contributed by atoms with Gasteiger partial charge >= 0.3 is 0 Å². The number of benzene rings is 1. The van der Waals surface area contributed by atoms with E-state index in [1.807, 2.05) is 30.7 Å². The van der Waals surface area contributed by atoms with E-state index in [9.17, 15) is 4.39 Å². The maximum absolute atomic E-state index is 14.2. The molecule has 3 rings (SSSR count). The first-order valence-electron chi connectivity index (χ1n) is 9.56. The van der Waals surface area contributed by atoms with Crippen LogP contribution in [0.3, 0.4) is 0 Å². The zero-order valence-electron chi connectivity index (χ0n) is 17.0. The van der Waals surface area contributed by atoms with Crippen LogP contribution in [-0.4, -0.2) is 47.5 Å². The number of hydrogen-bond acceptors (Lipinski definition) is 4. The van der Waals surface area contributed by atoms with Crippen LogP contribution in [0.15, 0.2) is 29.3 Å². The Morgan fingerprint density at radius 2 is 2.18 bits per heavy atom. The van der Waals surface area contributed by atoms with Crippen LogP contribution in [-0.2, 0) is 29.7 Å². The van der Waals surface area contributed by atoms with Gasteiger partial charge in [-0.1, -0.05) is 32.0 Å². The molecule has 1 aromatic carbocycles. The molecule has 1 unspecified atom stereocenters. The first-order chi connectivity index (χ1) is 13.4. The smallest absolute Gasteiger partial charge is 0.191 e. The molecule has 0 aliphatic carbocycles. The summed E-state index contributed by atoms with van der Waals surface area (Å²) in [6.45, 7) is 5.75. The Bertz CT molecular complexity index is 832. The van der Waals surface area contributed by atoms with Gasteiger partial charge < -0.3 is 15.4 Å². The molecule has 2 aromatic rings. The fourth-order valence-electron chi connectivity index (χ4n) is 3.47. The third-order valence-electron chi connectivity index (χ3n) is 5.04. The van der Waals surface area contributed by atoms with E-state index in [0.717, 1.165) is 25.2 Å². The number of ether oxygens (including phenoxy) is 1. The summed E-state index contributed by atoms with van der Waals surface area (Å²) >= 11 is 0. The van der Waals surface area contributed by atoms with Crippen molar-refractivity contribution in [1.82, 2.24) is 25.4 Å². The van der Waals surface area contributed by atoms with Crippen molar-refractivity contribution in [2.45, 2.75) is 51.3 Å². The van der Waals surface area contributed by atoms with Crippen molar-refractivity contribution in [2.24, 2.45) is 4.99 Å². The monoisotopic (exact) mass is 388 g/mol. The number of nitrogens with zero attached hydrogens (tertiary/aromatic N) is 4. The molecule has 1 aliphatic heterocycles. The lowest BCUT2D eigenvalue weighted by Crippen LogP contribution is -2.49. The summed E-state index contributed by atoms with van der Waals surface area (Å²) in [4.78, 5) is 8.83. The largest absolute Gasteiger partial charge is 0.377 e. The zero-order valence-corrected chi connectivity index (χ0v) is 17.0. The number of halogens is 1. The number of nitrogens with one attached hydrogen (secondary N) is 2. The van der Waals surface area contributed by atoms with Gasteiger partial charge in [-0.25, -0.2) is 14.1 Å². The number of aryl methyl sites for hydroxylation is 1. The van der Waals surface area contributed by atoms with Gasteiger partial charge in [0.05, 0.1) is 6.54 Å². The highest BCUT2D eigenvalue weighted by Gasteiger charge is 2.26. The Balaban J connectivity index is 1.58. The van der Waals surface area contributed by atoms with Crippen LogP contribution in [0.1, 0.15) is 37.5 Å². The van der Waals surface area contributed by atoms with Crippen molar-refractivity contribution >= 4 is 5.96 Å². The zero-order chi connectivity index (χ0) is 20.1. The number of methoxy groups -OCH3 is 1. The second-order valence-corrected chi connectivity index (χ2v) is 7.73. The Morgan fingerprint density at radius 1 is 1.39 bits per heavy atom. The molecule has 2 heterocycles. The molecule has 0 amide bonds. The van der Waals surface area contributed by atoms with Crippen molar-refractivity contribution in [3.8, 4) is 0 Å².